The smallest absolute Gasteiger partial charge is 0.191 e. The van der Waals surface area contributed by atoms with Crippen molar-refractivity contribution in [1.29, 1.82) is 0 Å². The number of aliphatic imine (C=N–C) groups is 1. The van der Waals surface area contributed by atoms with Crippen LogP contribution < -0.4 is 15.4 Å². The van der Waals surface area contributed by atoms with Crippen LogP contribution in [-0.2, 0) is 11.3 Å². The van der Waals surface area contributed by atoms with Gasteiger partial charge in [-0.25, -0.2) is 4.99 Å². The van der Waals surface area contributed by atoms with E-state index in [9.17, 15) is 0 Å². The predicted molar refractivity (Wildman–Crippen MR) is 132 cm³/mol. The summed E-state index contributed by atoms with van der Waals surface area (Å²) in [5, 5.41) is 6.99. The van der Waals surface area contributed by atoms with Crippen molar-refractivity contribution in [3.05, 3.63) is 29.8 Å². The van der Waals surface area contributed by atoms with Crippen molar-refractivity contribution < 1.29 is 9.47 Å². The van der Waals surface area contributed by atoms with E-state index in [1.165, 1.54) is 0 Å². The molecule has 2 N–H and O–H groups in total. The van der Waals surface area contributed by atoms with Gasteiger partial charge in [0.2, 0.25) is 0 Å². The highest BCUT2D eigenvalue weighted by Crippen LogP contribution is 2.15. The SMILES string of the molecule is CCNC(=NCc1cccc(OCCCOC)c1)NC1CCN(C(C)C)CC1.I. The molecule has 0 amide bonds. The molecule has 1 aromatic carbocycles. The molecule has 2 rings (SSSR count). The zero-order valence-electron chi connectivity index (χ0n) is 18.4. The summed E-state index contributed by atoms with van der Waals surface area (Å²) in [6, 6.07) is 9.30. The largest absolute Gasteiger partial charge is 0.493 e. The van der Waals surface area contributed by atoms with E-state index in [1.807, 2.05) is 12.1 Å². The van der Waals surface area contributed by atoms with Crippen LogP contribution in [0, 0.1) is 0 Å². The molecule has 0 atom stereocenters. The van der Waals surface area contributed by atoms with Gasteiger partial charge in [0.15, 0.2) is 5.96 Å². The highest BCUT2D eigenvalue weighted by Gasteiger charge is 2.21. The molecule has 0 bridgehead atoms. The van der Waals surface area contributed by atoms with Crippen LogP contribution in [0.15, 0.2) is 29.3 Å². The number of guanidine groups is 1. The third-order valence-corrected chi connectivity index (χ3v) is 5.02. The Labute approximate surface area is 193 Å². The molecule has 1 saturated heterocycles. The van der Waals surface area contributed by atoms with Crippen molar-refractivity contribution in [3.63, 3.8) is 0 Å². The molecule has 6 nitrogen and oxygen atoms in total. The van der Waals surface area contributed by atoms with Crippen LogP contribution in [0.4, 0.5) is 0 Å². The summed E-state index contributed by atoms with van der Waals surface area (Å²) >= 11 is 0. The number of piperidine rings is 1. The molecule has 0 spiro atoms. The molecular formula is C22H39IN4O2. The van der Waals surface area contributed by atoms with Crippen molar-refractivity contribution in [2.24, 2.45) is 4.99 Å². The van der Waals surface area contributed by atoms with Gasteiger partial charge in [0.05, 0.1) is 13.2 Å². The minimum absolute atomic E-state index is 0. The summed E-state index contributed by atoms with van der Waals surface area (Å²) in [5.74, 6) is 1.79. The van der Waals surface area contributed by atoms with Crippen LogP contribution in [0.1, 0.15) is 45.6 Å². The number of benzene rings is 1. The lowest BCUT2D eigenvalue weighted by Gasteiger charge is -2.35. The molecule has 29 heavy (non-hydrogen) atoms. The second kappa shape index (κ2) is 14.8. The van der Waals surface area contributed by atoms with Gasteiger partial charge in [0, 0.05) is 51.9 Å². The highest BCUT2D eigenvalue weighted by molar-refractivity contribution is 14.0. The van der Waals surface area contributed by atoms with Gasteiger partial charge < -0.3 is 25.0 Å². The Morgan fingerprint density at radius 3 is 2.66 bits per heavy atom. The molecule has 7 heteroatoms. The number of nitrogens with zero attached hydrogens (tertiary/aromatic N) is 2. The molecule has 1 aliphatic rings. The second-order valence-electron chi connectivity index (χ2n) is 7.59. The molecular weight excluding hydrogens is 479 g/mol. The van der Waals surface area contributed by atoms with Crippen molar-refractivity contribution in [1.82, 2.24) is 15.5 Å². The average Bonchev–Trinajstić information content (AvgIpc) is 2.70. The Bertz CT molecular complexity index is 590. The summed E-state index contributed by atoms with van der Waals surface area (Å²) in [6.07, 6.45) is 3.21. The second-order valence-corrected chi connectivity index (χ2v) is 7.59. The average molecular weight is 518 g/mol. The van der Waals surface area contributed by atoms with Crippen LogP contribution in [0.3, 0.4) is 0 Å². The number of likely N-dealkylation sites (tertiary alicyclic amines) is 1. The first-order chi connectivity index (χ1) is 13.6. The van der Waals surface area contributed by atoms with Gasteiger partial charge in [0.1, 0.15) is 5.75 Å². The van der Waals surface area contributed by atoms with Crippen LogP contribution in [-0.4, -0.2) is 62.9 Å². The highest BCUT2D eigenvalue weighted by atomic mass is 127. The van der Waals surface area contributed by atoms with Crippen molar-refractivity contribution in [3.8, 4) is 5.75 Å². The maximum atomic E-state index is 5.79. The van der Waals surface area contributed by atoms with E-state index >= 15 is 0 Å². The minimum Gasteiger partial charge on any atom is -0.493 e. The van der Waals surface area contributed by atoms with Crippen molar-refractivity contribution >= 4 is 29.9 Å². The summed E-state index contributed by atoms with van der Waals surface area (Å²) in [6.45, 7) is 11.8. The molecule has 0 unspecified atom stereocenters. The third kappa shape index (κ3) is 10.00. The standard InChI is InChI=1S/C22H38N4O2.HI/c1-5-23-22(25-20-10-12-26(13-11-20)18(2)3)24-17-19-8-6-9-21(16-19)28-15-7-14-27-4;/h6,8-9,16,18,20H,5,7,10-15,17H2,1-4H3,(H2,23,24,25);1H. The van der Waals surface area contributed by atoms with Crippen LogP contribution in [0.25, 0.3) is 0 Å². The number of ether oxygens (including phenoxy) is 2. The van der Waals surface area contributed by atoms with Gasteiger partial charge in [-0.3, -0.25) is 0 Å². The number of halogens is 1. The van der Waals surface area contributed by atoms with Gasteiger partial charge in [-0.2, -0.15) is 0 Å². The molecule has 1 aromatic rings. The lowest BCUT2D eigenvalue weighted by Crippen LogP contribution is -2.49. The normalized spacial score (nSPS) is 15.8. The van der Waals surface area contributed by atoms with Gasteiger partial charge in [-0.05, 0) is 51.3 Å². The van der Waals surface area contributed by atoms with E-state index in [2.05, 4.69) is 48.4 Å². The minimum atomic E-state index is 0. The van der Waals surface area contributed by atoms with Crippen molar-refractivity contribution in [2.75, 3.05) is 40.0 Å². The van der Waals surface area contributed by atoms with E-state index in [0.717, 1.165) is 62.8 Å². The number of rotatable bonds is 10. The van der Waals surface area contributed by atoms with Gasteiger partial charge >= 0.3 is 0 Å². The maximum absolute atomic E-state index is 5.79. The Balaban J connectivity index is 0.00000420. The summed E-state index contributed by atoms with van der Waals surface area (Å²) in [5.41, 5.74) is 1.15. The lowest BCUT2D eigenvalue weighted by atomic mass is 10.0. The first-order valence-electron chi connectivity index (χ1n) is 10.6. The first kappa shape index (κ1) is 26.0. The molecule has 1 heterocycles. The maximum Gasteiger partial charge on any atom is 0.191 e. The first-order valence-corrected chi connectivity index (χ1v) is 10.6. The van der Waals surface area contributed by atoms with E-state index in [1.54, 1.807) is 7.11 Å². The molecule has 0 saturated carbocycles. The Hall–Kier alpha value is -1.06. The lowest BCUT2D eigenvalue weighted by molar-refractivity contribution is 0.167. The molecule has 0 aromatic heterocycles. The Morgan fingerprint density at radius 1 is 1.24 bits per heavy atom. The quantitative estimate of drug-likeness (QED) is 0.214. The predicted octanol–water partition coefficient (Wildman–Crippen LogP) is 3.65. The summed E-state index contributed by atoms with van der Waals surface area (Å²) in [4.78, 5) is 7.33. The topological polar surface area (TPSA) is 58.1 Å². The van der Waals surface area contributed by atoms with Crippen LogP contribution >= 0.6 is 24.0 Å². The van der Waals surface area contributed by atoms with Crippen LogP contribution in [0.5, 0.6) is 5.75 Å². The van der Waals surface area contributed by atoms with Gasteiger partial charge in [-0.1, -0.05) is 12.1 Å². The Morgan fingerprint density at radius 2 is 2.00 bits per heavy atom. The number of hydrogen-bond acceptors (Lipinski definition) is 4. The van der Waals surface area contributed by atoms with E-state index < -0.39 is 0 Å². The van der Waals surface area contributed by atoms with E-state index in [0.29, 0.717) is 25.2 Å². The molecule has 0 radical (unpaired) electrons. The summed E-state index contributed by atoms with van der Waals surface area (Å²) < 4.78 is 10.8. The fourth-order valence-corrected chi connectivity index (χ4v) is 3.37. The third-order valence-electron chi connectivity index (χ3n) is 5.02. The fraction of sp³-hybridized carbons (Fsp3) is 0.682. The van der Waals surface area contributed by atoms with Gasteiger partial charge in [-0.15, -0.1) is 24.0 Å². The van der Waals surface area contributed by atoms with E-state index in [-0.39, 0.29) is 24.0 Å². The Kier molecular flexibility index (Phi) is 13.3. The zero-order chi connectivity index (χ0) is 20.2. The zero-order valence-corrected chi connectivity index (χ0v) is 20.8. The van der Waals surface area contributed by atoms with Crippen LogP contribution in [0.2, 0.25) is 0 Å². The van der Waals surface area contributed by atoms with Gasteiger partial charge in [0.25, 0.3) is 0 Å². The molecule has 166 valence electrons. The number of methoxy groups -OCH3 is 1. The molecule has 1 aliphatic heterocycles. The summed E-state index contributed by atoms with van der Waals surface area (Å²) in [7, 11) is 1.71. The number of hydrogen-bond donors (Lipinski definition) is 2. The van der Waals surface area contributed by atoms with Crippen molar-refractivity contribution in [2.45, 2.75) is 58.7 Å². The fourth-order valence-electron chi connectivity index (χ4n) is 3.37. The monoisotopic (exact) mass is 518 g/mol. The number of nitrogens with one attached hydrogen (secondary N) is 2. The molecule has 0 aliphatic carbocycles. The van der Waals surface area contributed by atoms with E-state index in [4.69, 9.17) is 14.5 Å². The molecule has 1 fully saturated rings.